The van der Waals surface area contributed by atoms with Gasteiger partial charge >= 0.3 is 5.97 Å². The van der Waals surface area contributed by atoms with Gasteiger partial charge in [0.1, 0.15) is 21.9 Å². The van der Waals surface area contributed by atoms with Gasteiger partial charge < -0.3 is 10.4 Å². The van der Waals surface area contributed by atoms with Crippen molar-refractivity contribution >= 4 is 33.5 Å². The van der Waals surface area contributed by atoms with Gasteiger partial charge in [0.15, 0.2) is 0 Å². The van der Waals surface area contributed by atoms with Gasteiger partial charge in [-0.1, -0.05) is 19.1 Å². The predicted octanol–water partition coefficient (Wildman–Crippen LogP) is 0.0653. The van der Waals surface area contributed by atoms with Crippen LogP contribution in [-0.4, -0.2) is 65.7 Å². The maximum Gasteiger partial charge on any atom is 0.326 e. The zero-order valence-electron chi connectivity index (χ0n) is 14.8. The molecule has 2 N–H and O–H groups in total. The summed E-state index contributed by atoms with van der Waals surface area (Å²) < 4.78 is 23.1. The van der Waals surface area contributed by atoms with E-state index in [1.807, 2.05) is 0 Å². The summed E-state index contributed by atoms with van der Waals surface area (Å²) in [7, 11) is -3.41. The van der Waals surface area contributed by atoms with E-state index < -0.39 is 51.4 Å². The number of hydrogen-bond donors (Lipinski definition) is 2. The molecule has 0 saturated heterocycles. The molecule has 0 spiro atoms. The molecule has 1 aliphatic rings. The Morgan fingerprint density at radius 3 is 2.11 bits per heavy atom. The highest BCUT2D eigenvalue weighted by molar-refractivity contribution is 7.91. The number of nitrogens with zero attached hydrogens (tertiary/aromatic N) is 1. The number of carbonyl (C=O) groups is 4. The first-order chi connectivity index (χ1) is 12.6. The third kappa shape index (κ3) is 4.33. The van der Waals surface area contributed by atoms with Crippen molar-refractivity contribution in [1.82, 2.24) is 10.2 Å². The van der Waals surface area contributed by atoms with Gasteiger partial charge in [-0.05, 0) is 25.5 Å². The second kappa shape index (κ2) is 7.87. The first-order valence-corrected chi connectivity index (χ1v) is 10.1. The van der Waals surface area contributed by atoms with E-state index in [1.165, 1.54) is 26.0 Å². The van der Waals surface area contributed by atoms with Crippen LogP contribution in [0.1, 0.15) is 41.0 Å². The van der Waals surface area contributed by atoms with Crippen molar-refractivity contribution in [2.45, 2.75) is 32.4 Å². The molecule has 0 saturated carbocycles. The molecule has 1 aliphatic heterocycles. The number of aliphatic carboxylic acids is 1. The number of imide groups is 1. The summed E-state index contributed by atoms with van der Waals surface area (Å²) in [5.41, 5.74) is 0.344. The molecular weight excluding hydrogens is 376 g/mol. The van der Waals surface area contributed by atoms with E-state index >= 15 is 0 Å². The highest BCUT2D eigenvalue weighted by Crippen LogP contribution is 2.24. The molecule has 2 atom stereocenters. The second-order valence-corrected chi connectivity index (χ2v) is 8.60. The summed E-state index contributed by atoms with van der Waals surface area (Å²) in [4.78, 5) is 49.3. The summed E-state index contributed by atoms with van der Waals surface area (Å²) in [5.74, 6) is -4.08. The highest BCUT2D eigenvalue weighted by Gasteiger charge is 2.41. The van der Waals surface area contributed by atoms with E-state index in [4.69, 9.17) is 0 Å². The highest BCUT2D eigenvalue weighted by atomic mass is 32.2. The molecule has 146 valence electrons. The number of sulfone groups is 1. The summed E-state index contributed by atoms with van der Waals surface area (Å²) in [6.45, 7) is 2.74. The lowest BCUT2D eigenvalue weighted by molar-refractivity contribution is -0.142. The smallest absolute Gasteiger partial charge is 0.326 e. The summed E-state index contributed by atoms with van der Waals surface area (Å²) >= 11 is 0. The Bertz CT molecular complexity index is 859. The fraction of sp³-hybridized carbons (Fsp3) is 0.412. The normalized spacial score (nSPS) is 16.0. The number of carboxylic acids is 1. The van der Waals surface area contributed by atoms with Crippen molar-refractivity contribution in [2.75, 3.05) is 11.5 Å². The molecule has 0 aliphatic carbocycles. The molecule has 0 fully saturated rings. The van der Waals surface area contributed by atoms with Gasteiger partial charge in [0.2, 0.25) is 5.91 Å². The Labute approximate surface area is 156 Å². The van der Waals surface area contributed by atoms with Crippen LogP contribution in [0.4, 0.5) is 0 Å². The molecule has 9 nitrogen and oxygen atoms in total. The molecule has 2 unspecified atom stereocenters. The monoisotopic (exact) mass is 396 g/mol. The Morgan fingerprint density at radius 2 is 1.67 bits per heavy atom. The topological polar surface area (TPSA) is 138 Å². The standard InChI is InChI=1S/C17H20N2O7S/c1-3-27(25,26)9-8-13(17(23)24)18-14(20)10(2)19-15(21)11-6-4-5-7-12(11)16(19)22/h4-7,10,13H,3,8-9H2,1-2H3,(H,18,20)(H,23,24). The number of hydrogen-bond acceptors (Lipinski definition) is 6. The van der Waals surface area contributed by atoms with Crippen LogP contribution in [-0.2, 0) is 19.4 Å². The van der Waals surface area contributed by atoms with E-state index in [9.17, 15) is 32.7 Å². The molecule has 27 heavy (non-hydrogen) atoms. The third-order valence-electron chi connectivity index (χ3n) is 4.36. The van der Waals surface area contributed by atoms with E-state index in [1.54, 1.807) is 12.1 Å². The lowest BCUT2D eigenvalue weighted by Gasteiger charge is -2.23. The molecule has 1 aromatic carbocycles. The molecular formula is C17H20N2O7S. The number of amides is 3. The molecule has 1 aromatic rings. The fourth-order valence-electron chi connectivity index (χ4n) is 2.67. The molecule has 0 radical (unpaired) electrons. The Hall–Kier alpha value is -2.75. The number of nitrogens with one attached hydrogen (secondary N) is 1. The van der Waals surface area contributed by atoms with Gasteiger partial charge in [0, 0.05) is 5.75 Å². The van der Waals surface area contributed by atoms with Gasteiger partial charge in [0.05, 0.1) is 16.9 Å². The third-order valence-corrected chi connectivity index (χ3v) is 6.10. The molecule has 1 heterocycles. The molecule has 0 bridgehead atoms. The Balaban J connectivity index is 2.11. The Kier molecular flexibility index (Phi) is 5.99. The predicted molar refractivity (Wildman–Crippen MR) is 94.9 cm³/mol. The minimum absolute atomic E-state index is 0.140. The van der Waals surface area contributed by atoms with Crippen molar-refractivity contribution in [3.8, 4) is 0 Å². The maximum absolute atomic E-state index is 12.4. The zero-order valence-corrected chi connectivity index (χ0v) is 15.7. The van der Waals surface area contributed by atoms with Gasteiger partial charge in [-0.3, -0.25) is 19.3 Å². The van der Waals surface area contributed by atoms with Gasteiger partial charge in [-0.15, -0.1) is 0 Å². The SMILES string of the molecule is CCS(=O)(=O)CCC(NC(=O)C(C)N1C(=O)c2ccccc2C1=O)C(=O)O. The quantitative estimate of drug-likeness (QED) is 0.593. The summed E-state index contributed by atoms with van der Waals surface area (Å²) in [6, 6.07) is 3.42. The van der Waals surface area contributed by atoms with Crippen molar-refractivity contribution in [3.63, 3.8) is 0 Å². The molecule has 2 rings (SSSR count). The largest absolute Gasteiger partial charge is 0.480 e. The van der Waals surface area contributed by atoms with E-state index in [0.29, 0.717) is 0 Å². The van der Waals surface area contributed by atoms with Crippen LogP contribution in [0.15, 0.2) is 24.3 Å². The van der Waals surface area contributed by atoms with Crippen LogP contribution < -0.4 is 5.32 Å². The van der Waals surface area contributed by atoms with Crippen LogP contribution in [0.25, 0.3) is 0 Å². The van der Waals surface area contributed by atoms with Crippen molar-refractivity contribution < 1.29 is 32.7 Å². The van der Waals surface area contributed by atoms with Gasteiger partial charge in [0.25, 0.3) is 11.8 Å². The zero-order chi connectivity index (χ0) is 20.4. The first kappa shape index (κ1) is 20.6. The van der Waals surface area contributed by atoms with Crippen LogP contribution in [0.3, 0.4) is 0 Å². The van der Waals surface area contributed by atoms with Gasteiger partial charge in [-0.25, -0.2) is 13.2 Å². The second-order valence-electron chi connectivity index (χ2n) is 6.13. The number of rotatable bonds is 8. The molecule has 10 heteroatoms. The van der Waals surface area contributed by atoms with Crippen molar-refractivity contribution in [2.24, 2.45) is 0 Å². The lowest BCUT2D eigenvalue weighted by atomic mass is 10.1. The fourth-order valence-corrected chi connectivity index (χ4v) is 3.55. The first-order valence-electron chi connectivity index (χ1n) is 8.29. The minimum Gasteiger partial charge on any atom is -0.480 e. The van der Waals surface area contributed by atoms with Crippen molar-refractivity contribution in [3.05, 3.63) is 35.4 Å². The Morgan fingerprint density at radius 1 is 1.15 bits per heavy atom. The van der Waals surface area contributed by atoms with Crippen LogP contribution in [0.5, 0.6) is 0 Å². The van der Waals surface area contributed by atoms with Crippen LogP contribution >= 0.6 is 0 Å². The summed E-state index contributed by atoms with van der Waals surface area (Å²) in [6.07, 6.45) is -0.313. The van der Waals surface area contributed by atoms with E-state index in [2.05, 4.69) is 5.32 Å². The average Bonchev–Trinajstić information content (AvgIpc) is 2.88. The molecule has 0 aromatic heterocycles. The van der Waals surface area contributed by atoms with Crippen molar-refractivity contribution in [1.29, 1.82) is 0 Å². The van der Waals surface area contributed by atoms with Crippen LogP contribution in [0, 0.1) is 0 Å². The minimum atomic E-state index is -3.41. The average molecular weight is 396 g/mol. The number of carboxylic acid groups (broad SMARTS) is 1. The summed E-state index contributed by atoms with van der Waals surface area (Å²) in [5, 5.41) is 11.4. The maximum atomic E-state index is 12.4. The van der Waals surface area contributed by atoms with E-state index in [-0.39, 0.29) is 23.3 Å². The molecule has 3 amide bonds. The van der Waals surface area contributed by atoms with E-state index in [0.717, 1.165) is 4.90 Å². The van der Waals surface area contributed by atoms with Gasteiger partial charge in [-0.2, -0.15) is 0 Å². The number of fused-ring (bicyclic) bond motifs is 1. The lowest BCUT2D eigenvalue weighted by Crippen LogP contribution is -2.52. The number of carbonyl (C=O) groups excluding carboxylic acids is 3. The van der Waals surface area contributed by atoms with Crippen LogP contribution in [0.2, 0.25) is 0 Å². The number of benzene rings is 1.